The van der Waals surface area contributed by atoms with Gasteiger partial charge in [-0.2, -0.15) is 0 Å². The largest absolute Gasteiger partial charge is 0.310 e. The van der Waals surface area contributed by atoms with Gasteiger partial charge in [0.15, 0.2) is 0 Å². The topological polar surface area (TPSA) is 6.48 Å². The molecule has 0 aliphatic carbocycles. The second-order valence-electron chi connectivity index (χ2n) is 16.9. The van der Waals surface area contributed by atoms with E-state index in [1.165, 1.54) is 85.9 Å². The number of nitrogens with zero attached hydrogens (tertiary/aromatic N) is 2. The Morgan fingerprint density at radius 1 is 0.262 bits per heavy atom. The molecule has 0 radical (unpaired) electrons. The molecule has 0 spiro atoms. The number of fused-ring (bicyclic) bond motifs is 7. The van der Waals surface area contributed by atoms with Gasteiger partial charge in [0, 0.05) is 48.7 Å². The smallest absolute Gasteiger partial charge is 0.0540 e. The molecule has 1 aliphatic rings. The van der Waals surface area contributed by atoms with Crippen LogP contribution in [0.5, 0.6) is 0 Å². The molecule has 12 aromatic carbocycles. The number of benzene rings is 12. The number of para-hydroxylation sites is 2. The molecular formula is C62H40N2S. The van der Waals surface area contributed by atoms with Crippen molar-refractivity contribution in [2.45, 2.75) is 9.79 Å². The van der Waals surface area contributed by atoms with Gasteiger partial charge < -0.3 is 9.80 Å². The lowest BCUT2D eigenvalue weighted by Crippen LogP contribution is -2.10. The van der Waals surface area contributed by atoms with Crippen LogP contribution >= 0.6 is 11.8 Å². The van der Waals surface area contributed by atoms with Crippen LogP contribution in [0.1, 0.15) is 0 Å². The number of anilines is 6. The Morgan fingerprint density at radius 3 is 1.63 bits per heavy atom. The van der Waals surface area contributed by atoms with Crippen molar-refractivity contribution < 1.29 is 0 Å². The standard InChI is InChI=1S/C62H40N2S/c1-3-19-46(20-4-1)63(48-32-29-41-15-7-8-17-43(41)37-48)59-36-35-50(52-24-11-12-25-53(52)59)45-31-34-54-57-38-44-30-33-49(40-56(44)55-26-14-28-60(62(55)57)65-61(54)39-45)64(47-21-5-2-6-22-47)58-27-13-18-42-16-9-10-23-51(42)58/h1-40H. The summed E-state index contributed by atoms with van der Waals surface area (Å²) in [6.07, 6.45) is 0. The Hall–Kier alpha value is -8.11. The molecule has 0 saturated carbocycles. The summed E-state index contributed by atoms with van der Waals surface area (Å²) in [4.78, 5) is 7.37. The van der Waals surface area contributed by atoms with Gasteiger partial charge in [0.25, 0.3) is 0 Å². The van der Waals surface area contributed by atoms with Crippen LogP contribution in [-0.4, -0.2) is 0 Å². The number of hydrogen-bond acceptors (Lipinski definition) is 3. The van der Waals surface area contributed by atoms with Gasteiger partial charge in [0.1, 0.15) is 0 Å². The van der Waals surface area contributed by atoms with Crippen LogP contribution in [0.25, 0.3) is 76.1 Å². The second-order valence-corrected chi connectivity index (χ2v) is 18.0. The van der Waals surface area contributed by atoms with Gasteiger partial charge in [-0.05, 0) is 139 Å². The average molecular weight is 845 g/mol. The second kappa shape index (κ2) is 15.3. The maximum atomic E-state index is 2.42. The molecule has 1 aliphatic heterocycles. The van der Waals surface area contributed by atoms with Crippen LogP contribution < -0.4 is 9.80 Å². The minimum absolute atomic E-state index is 1.13. The molecular weight excluding hydrogens is 805 g/mol. The molecule has 0 fully saturated rings. The van der Waals surface area contributed by atoms with Crippen LogP contribution in [0, 0.1) is 0 Å². The van der Waals surface area contributed by atoms with E-state index in [1.807, 2.05) is 11.8 Å². The first kappa shape index (κ1) is 37.4. The normalized spacial score (nSPS) is 11.9. The minimum Gasteiger partial charge on any atom is -0.310 e. The van der Waals surface area contributed by atoms with E-state index in [0.29, 0.717) is 0 Å². The van der Waals surface area contributed by atoms with E-state index in [9.17, 15) is 0 Å². The zero-order valence-corrected chi connectivity index (χ0v) is 36.2. The third kappa shape index (κ3) is 6.27. The van der Waals surface area contributed by atoms with Gasteiger partial charge in [0.05, 0.1) is 11.4 Å². The van der Waals surface area contributed by atoms with Crippen LogP contribution in [0.15, 0.2) is 252 Å². The lowest BCUT2D eigenvalue weighted by Gasteiger charge is -2.28. The summed E-state index contributed by atoms with van der Waals surface area (Å²) >= 11 is 1.89. The van der Waals surface area contributed by atoms with Crippen molar-refractivity contribution in [3.8, 4) is 22.3 Å². The molecule has 2 nitrogen and oxygen atoms in total. The highest BCUT2D eigenvalue weighted by Crippen LogP contribution is 2.52. The van der Waals surface area contributed by atoms with E-state index >= 15 is 0 Å². The van der Waals surface area contributed by atoms with Crippen molar-refractivity contribution in [3.63, 3.8) is 0 Å². The predicted molar refractivity (Wildman–Crippen MR) is 278 cm³/mol. The molecule has 1 heterocycles. The van der Waals surface area contributed by atoms with Crippen LogP contribution in [0.2, 0.25) is 0 Å². The maximum absolute atomic E-state index is 2.42. The highest BCUT2D eigenvalue weighted by atomic mass is 32.2. The Labute approximate surface area is 382 Å². The van der Waals surface area contributed by atoms with Crippen molar-refractivity contribution in [1.82, 2.24) is 0 Å². The van der Waals surface area contributed by atoms with Gasteiger partial charge >= 0.3 is 0 Å². The fraction of sp³-hybridized carbons (Fsp3) is 0. The van der Waals surface area contributed by atoms with Crippen molar-refractivity contribution in [2.75, 3.05) is 9.80 Å². The van der Waals surface area contributed by atoms with Gasteiger partial charge in [-0.15, -0.1) is 0 Å². The van der Waals surface area contributed by atoms with Crippen molar-refractivity contribution in [3.05, 3.63) is 243 Å². The molecule has 3 heteroatoms. The Kier molecular flexibility index (Phi) is 8.82. The van der Waals surface area contributed by atoms with Gasteiger partial charge in [-0.25, -0.2) is 0 Å². The minimum atomic E-state index is 1.13. The highest BCUT2D eigenvalue weighted by molar-refractivity contribution is 7.99. The Bertz CT molecular complexity index is 3820. The third-order valence-electron chi connectivity index (χ3n) is 13.2. The first-order valence-corrected chi connectivity index (χ1v) is 23.1. The lowest BCUT2D eigenvalue weighted by atomic mass is 9.90. The average Bonchev–Trinajstić information content (AvgIpc) is 3.37. The first-order valence-electron chi connectivity index (χ1n) is 22.2. The molecule has 12 aromatic rings. The van der Waals surface area contributed by atoms with Crippen molar-refractivity contribution >= 4 is 99.7 Å². The summed E-state index contributed by atoms with van der Waals surface area (Å²) in [5.41, 5.74) is 11.9. The van der Waals surface area contributed by atoms with E-state index in [1.54, 1.807) is 0 Å². The fourth-order valence-electron chi connectivity index (χ4n) is 10.2. The quantitative estimate of drug-likeness (QED) is 0.148. The molecule has 0 amide bonds. The van der Waals surface area contributed by atoms with Crippen molar-refractivity contribution in [1.29, 1.82) is 0 Å². The fourth-order valence-corrected chi connectivity index (χ4v) is 11.4. The summed E-state index contributed by atoms with van der Waals surface area (Å²) in [6.45, 7) is 0. The van der Waals surface area contributed by atoms with Gasteiger partial charge in [-0.3, -0.25) is 0 Å². The predicted octanol–water partition coefficient (Wildman–Crippen LogP) is 18.2. The zero-order chi connectivity index (χ0) is 42.8. The van der Waals surface area contributed by atoms with Crippen molar-refractivity contribution in [2.24, 2.45) is 0 Å². The van der Waals surface area contributed by atoms with Gasteiger partial charge in [-0.1, -0.05) is 176 Å². The molecule has 0 aromatic heterocycles. The van der Waals surface area contributed by atoms with E-state index < -0.39 is 0 Å². The maximum Gasteiger partial charge on any atom is 0.0540 e. The number of hydrogen-bond donors (Lipinski definition) is 0. The molecule has 65 heavy (non-hydrogen) atoms. The van der Waals surface area contributed by atoms with E-state index in [-0.39, 0.29) is 0 Å². The molecule has 0 bridgehead atoms. The van der Waals surface area contributed by atoms with E-state index in [0.717, 1.165) is 34.1 Å². The molecule has 0 N–H and O–H groups in total. The van der Waals surface area contributed by atoms with Crippen LogP contribution in [0.3, 0.4) is 0 Å². The molecule has 0 atom stereocenters. The molecule has 0 unspecified atom stereocenters. The third-order valence-corrected chi connectivity index (χ3v) is 14.3. The van der Waals surface area contributed by atoms with Crippen LogP contribution in [-0.2, 0) is 0 Å². The van der Waals surface area contributed by atoms with Gasteiger partial charge in [0.2, 0.25) is 0 Å². The summed E-state index contributed by atoms with van der Waals surface area (Å²) in [5, 5.41) is 12.4. The monoisotopic (exact) mass is 844 g/mol. The molecule has 0 saturated heterocycles. The Balaban J connectivity index is 0.924. The van der Waals surface area contributed by atoms with Crippen LogP contribution in [0.4, 0.5) is 34.1 Å². The summed E-state index contributed by atoms with van der Waals surface area (Å²) < 4.78 is 0. The highest BCUT2D eigenvalue weighted by Gasteiger charge is 2.24. The van der Waals surface area contributed by atoms with E-state index in [4.69, 9.17) is 0 Å². The zero-order valence-electron chi connectivity index (χ0n) is 35.4. The number of rotatable bonds is 7. The summed E-state index contributed by atoms with van der Waals surface area (Å²) in [6, 6.07) is 89.0. The Morgan fingerprint density at radius 2 is 0.846 bits per heavy atom. The molecule has 13 rings (SSSR count). The SMILES string of the molecule is c1ccc(N(c2ccc3cc4c5c(cccc5c3c2)Sc2cc(-c3ccc(N(c5ccccc5)c5ccc6ccccc6c5)c5ccccc35)ccc2-4)c2cccc3ccccc23)cc1. The lowest BCUT2D eigenvalue weighted by molar-refractivity contribution is 1.30. The van der Waals surface area contributed by atoms with E-state index in [2.05, 4.69) is 252 Å². The first-order chi connectivity index (χ1) is 32.2. The molecule has 304 valence electrons. The summed E-state index contributed by atoms with van der Waals surface area (Å²) in [5.74, 6) is 0. The summed E-state index contributed by atoms with van der Waals surface area (Å²) in [7, 11) is 0.